The highest BCUT2D eigenvalue weighted by Gasteiger charge is 2.33. The summed E-state index contributed by atoms with van der Waals surface area (Å²) in [7, 11) is 2.44. The van der Waals surface area contributed by atoms with Crippen molar-refractivity contribution in [2.24, 2.45) is 0 Å². The standard InChI is InChI=1S/C23H24N2O6/c1-30-22(28)16-12-17(23(29)31-2)14-18(13-16)24-21(27)20(15-8-4-3-5-9-15)25-11-7-6-10-19(25)26/h3-5,8-9,12-14,20H,6-7,10-11H2,1-2H3,(H,24,27). The summed E-state index contributed by atoms with van der Waals surface area (Å²) >= 11 is 0. The molecule has 162 valence electrons. The smallest absolute Gasteiger partial charge is 0.337 e. The van der Waals surface area contributed by atoms with Gasteiger partial charge in [0, 0.05) is 18.7 Å². The second-order valence-corrected chi connectivity index (χ2v) is 7.13. The molecule has 2 aromatic rings. The summed E-state index contributed by atoms with van der Waals surface area (Å²) in [6, 6.07) is 12.3. The molecular formula is C23H24N2O6. The SMILES string of the molecule is COC(=O)c1cc(NC(=O)C(c2ccccc2)N2CCCCC2=O)cc(C(=O)OC)c1. The van der Waals surface area contributed by atoms with Gasteiger partial charge in [-0.15, -0.1) is 0 Å². The summed E-state index contributed by atoms with van der Waals surface area (Å²) in [5, 5.41) is 2.75. The monoisotopic (exact) mass is 424 g/mol. The Labute approximate surface area is 180 Å². The van der Waals surface area contributed by atoms with Crippen LogP contribution < -0.4 is 5.32 Å². The Morgan fingerprint density at radius 3 is 2.10 bits per heavy atom. The number of rotatable bonds is 6. The molecule has 1 fully saturated rings. The first kappa shape index (κ1) is 22.0. The van der Waals surface area contributed by atoms with Crippen LogP contribution in [0.5, 0.6) is 0 Å². The van der Waals surface area contributed by atoms with E-state index in [0.29, 0.717) is 18.5 Å². The highest BCUT2D eigenvalue weighted by Crippen LogP contribution is 2.27. The summed E-state index contributed by atoms with van der Waals surface area (Å²) in [6.07, 6.45) is 2.00. The first-order valence-electron chi connectivity index (χ1n) is 9.91. The highest BCUT2D eigenvalue weighted by molar-refractivity contribution is 6.01. The van der Waals surface area contributed by atoms with E-state index in [4.69, 9.17) is 9.47 Å². The molecule has 3 rings (SSSR count). The van der Waals surface area contributed by atoms with E-state index in [2.05, 4.69) is 5.32 Å². The van der Waals surface area contributed by atoms with Crippen molar-refractivity contribution < 1.29 is 28.7 Å². The predicted molar refractivity (Wildman–Crippen MR) is 112 cm³/mol. The average Bonchev–Trinajstić information content (AvgIpc) is 2.79. The molecule has 1 heterocycles. The van der Waals surface area contributed by atoms with Crippen molar-refractivity contribution in [3.63, 3.8) is 0 Å². The van der Waals surface area contributed by atoms with E-state index < -0.39 is 23.9 Å². The van der Waals surface area contributed by atoms with Crippen molar-refractivity contribution >= 4 is 29.4 Å². The summed E-state index contributed by atoms with van der Waals surface area (Å²) in [5.41, 5.74) is 1.07. The number of methoxy groups -OCH3 is 2. The van der Waals surface area contributed by atoms with Crippen LogP contribution in [0.25, 0.3) is 0 Å². The molecule has 0 saturated carbocycles. The van der Waals surface area contributed by atoms with Crippen molar-refractivity contribution in [3.05, 3.63) is 65.2 Å². The number of nitrogens with zero attached hydrogens (tertiary/aromatic N) is 1. The van der Waals surface area contributed by atoms with Crippen LogP contribution >= 0.6 is 0 Å². The summed E-state index contributed by atoms with van der Waals surface area (Å²) in [5.74, 6) is -1.85. The third kappa shape index (κ3) is 5.09. The number of nitrogens with one attached hydrogen (secondary N) is 1. The molecule has 1 saturated heterocycles. The first-order chi connectivity index (χ1) is 14.9. The van der Waals surface area contributed by atoms with Crippen LogP contribution in [-0.2, 0) is 19.1 Å². The van der Waals surface area contributed by atoms with Crippen LogP contribution in [0.15, 0.2) is 48.5 Å². The molecule has 1 aliphatic heterocycles. The van der Waals surface area contributed by atoms with E-state index in [9.17, 15) is 19.2 Å². The van der Waals surface area contributed by atoms with Gasteiger partial charge in [-0.1, -0.05) is 30.3 Å². The van der Waals surface area contributed by atoms with Crippen LogP contribution in [-0.4, -0.2) is 49.4 Å². The van der Waals surface area contributed by atoms with Gasteiger partial charge in [-0.3, -0.25) is 9.59 Å². The van der Waals surface area contributed by atoms with Crippen molar-refractivity contribution in [3.8, 4) is 0 Å². The molecular weight excluding hydrogens is 400 g/mol. The number of benzene rings is 2. The summed E-state index contributed by atoms with van der Waals surface area (Å²) in [6.45, 7) is 0.474. The number of amides is 2. The van der Waals surface area contributed by atoms with Gasteiger partial charge in [-0.25, -0.2) is 9.59 Å². The molecule has 0 radical (unpaired) electrons. The van der Waals surface area contributed by atoms with Gasteiger partial charge in [0.2, 0.25) is 5.91 Å². The van der Waals surface area contributed by atoms with E-state index >= 15 is 0 Å². The van der Waals surface area contributed by atoms with Gasteiger partial charge in [-0.05, 0) is 36.6 Å². The molecule has 31 heavy (non-hydrogen) atoms. The minimum Gasteiger partial charge on any atom is -0.465 e. The number of anilines is 1. The zero-order valence-electron chi connectivity index (χ0n) is 17.4. The van der Waals surface area contributed by atoms with Gasteiger partial charge >= 0.3 is 11.9 Å². The first-order valence-corrected chi connectivity index (χ1v) is 9.91. The summed E-state index contributed by atoms with van der Waals surface area (Å²) < 4.78 is 9.47. The van der Waals surface area contributed by atoms with E-state index in [1.165, 1.54) is 32.4 Å². The molecule has 1 aliphatic rings. The van der Waals surface area contributed by atoms with E-state index in [0.717, 1.165) is 12.8 Å². The Morgan fingerprint density at radius 2 is 1.55 bits per heavy atom. The normalized spacial score (nSPS) is 14.5. The Hall–Kier alpha value is -3.68. The maximum atomic E-state index is 13.3. The molecule has 8 nitrogen and oxygen atoms in total. The van der Waals surface area contributed by atoms with Crippen LogP contribution in [0.1, 0.15) is 51.6 Å². The van der Waals surface area contributed by atoms with Crippen LogP contribution in [0.4, 0.5) is 5.69 Å². The predicted octanol–water partition coefficient (Wildman–Crippen LogP) is 2.95. The molecule has 2 aromatic carbocycles. The van der Waals surface area contributed by atoms with E-state index in [1.807, 2.05) is 6.07 Å². The number of carbonyl (C=O) groups is 4. The van der Waals surface area contributed by atoms with Crippen molar-refractivity contribution in [1.29, 1.82) is 0 Å². The lowest BCUT2D eigenvalue weighted by molar-refractivity contribution is -0.141. The number of esters is 2. The van der Waals surface area contributed by atoms with Crippen LogP contribution in [0, 0.1) is 0 Å². The average molecular weight is 424 g/mol. The van der Waals surface area contributed by atoms with Crippen LogP contribution in [0.3, 0.4) is 0 Å². The lowest BCUT2D eigenvalue weighted by Gasteiger charge is -2.34. The fraction of sp³-hybridized carbons (Fsp3) is 0.304. The molecule has 1 N–H and O–H groups in total. The Morgan fingerprint density at radius 1 is 0.935 bits per heavy atom. The number of likely N-dealkylation sites (tertiary alicyclic amines) is 1. The lowest BCUT2D eigenvalue weighted by Crippen LogP contribution is -2.43. The van der Waals surface area contributed by atoms with E-state index in [-0.39, 0.29) is 22.7 Å². The van der Waals surface area contributed by atoms with Gasteiger partial charge in [0.1, 0.15) is 6.04 Å². The fourth-order valence-corrected chi connectivity index (χ4v) is 3.59. The number of ether oxygens (including phenoxy) is 2. The minimum atomic E-state index is -0.836. The van der Waals surface area contributed by atoms with Crippen molar-refractivity contribution in [1.82, 2.24) is 4.90 Å². The van der Waals surface area contributed by atoms with Gasteiger partial charge in [0.25, 0.3) is 5.91 Å². The van der Waals surface area contributed by atoms with Crippen molar-refractivity contribution in [2.75, 3.05) is 26.1 Å². The lowest BCUT2D eigenvalue weighted by atomic mass is 10.00. The summed E-state index contributed by atoms with van der Waals surface area (Å²) in [4.78, 5) is 51.5. The molecule has 0 spiro atoms. The molecule has 0 aromatic heterocycles. The molecule has 0 aliphatic carbocycles. The third-order valence-electron chi connectivity index (χ3n) is 5.08. The molecule has 0 bridgehead atoms. The molecule has 1 unspecified atom stereocenters. The molecule has 1 atom stereocenters. The van der Waals surface area contributed by atoms with Gasteiger partial charge in [-0.2, -0.15) is 0 Å². The minimum absolute atomic E-state index is 0.0889. The fourth-order valence-electron chi connectivity index (χ4n) is 3.59. The number of piperidine rings is 1. The quantitative estimate of drug-likeness (QED) is 0.716. The van der Waals surface area contributed by atoms with Gasteiger partial charge in [0.15, 0.2) is 0 Å². The number of hydrogen-bond donors (Lipinski definition) is 1. The topological polar surface area (TPSA) is 102 Å². The van der Waals surface area contributed by atoms with Gasteiger partial charge in [0.05, 0.1) is 25.3 Å². The van der Waals surface area contributed by atoms with Crippen molar-refractivity contribution in [2.45, 2.75) is 25.3 Å². The molecule has 8 heteroatoms. The Balaban J connectivity index is 1.96. The highest BCUT2D eigenvalue weighted by atomic mass is 16.5. The Bertz CT molecular complexity index is 955. The van der Waals surface area contributed by atoms with E-state index in [1.54, 1.807) is 29.2 Å². The zero-order valence-corrected chi connectivity index (χ0v) is 17.4. The maximum Gasteiger partial charge on any atom is 0.337 e. The van der Waals surface area contributed by atoms with Crippen LogP contribution in [0.2, 0.25) is 0 Å². The molecule has 2 amide bonds. The zero-order chi connectivity index (χ0) is 22.4. The maximum absolute atomic E-state index is 13.3. The third-order valence-corrected chi connectivity index (χ3v) is 5.08. The number of carbonyl (C=O) groups excluding carboxylic acids is 4. The number of hydrogen-bond acceptors (Lipinski definition) is 6. The Kier molecular flexibility index (Phi) is 7.02. The second-order valence-electron chi connectivity index (χ2n) is 7.13. The second kappa shape index (κ2) is 9.88. The largest absolute Gasteiger partial charge is 0.465 e. The van der Waals surface area contributed by atoms with Gasteiger partial charge < -0.3 is 19.7 Å².